The van der Waals surface area contributed by atoms with Crippen LogP contribution in [0.5, 0.6) is 5.75 Å². The zero-order valence-corrected chi connectivity index (χ0v) is 10.3. The zero-order chi connectivity index (χ0) is 12.4. The number of anilines is 1. The summed E-state index contributed by atoms with van der Waals surface area (Å²) in [5.41, 5.74) is 10.7. The summed E-state index contributed by atoms with van der Waals surface area (Å²) >= 11 is 0. The van der Waals surface area contributed by atoms with Crippen molar-refractivity contribution < 1.29 is 4.74 Å². The highest BCUT2D eigenvalue weighted by Gasteiger charge is 2.07. The molecule has 2 aromatic rings. The van der Waals surface area contributed by atoms with Crippen LogP contribution >= 0.6 is 0 Å². The molecule has 0 unspecified atom stereocenters. The molecule has 0 atom stereocenters. The van der Waals surface area contributed by atoms with Crippen LogP contribution in [-0.2, 0) is 0 Å². The van der Waals surface area contributed by atoms with Crippen LogP contribution in [0.1, 0.15) is 11.1 Å². The predicted molar refractivity (Wildman–Crippen MR) is 70.1 cm³/mol. The summed E-state index contributed by atoms with van der Waals surface area (Å²) in [6.07, 6.45) is 1.69. The maximum absolute atomic E-state index is 5.71. The number of nitrogens with two attached hydrogens (primary N) is 1. The van der Waals surface area contributed by atoms with Gasteiger partial charge in [-0.3, -0.25) is 4.98 Å². The Morgan fingerprint density at radius 1 is 1.12 bits per heavy atom. The molecule has 2 rings (SSSR count). The minimum absolute atomic E-state index is 0.692. The Balaban J connectivity index is 2.53. The van der Waals surface area contributed by atoms with Crippen LogP contribution < -0.4 is 10.5 Å². The number of aryl methyl sites for hydroxylation is 2. The van der Waals surface area contributed by atoms with Crippen molar-refractivity contribution in [2.75, 3.05) is 12.8 Å². The lowest BCUT2D eigenvalue weighted by Gasteiger charge is -2.10. The Morgan fingerprint density at radius 2 is 1.88 bits per heavy atom. The fraction of sp³-hybridized carbons (Fsp3) is 0.214. The first-order chi connectivity index (χ1) is 8.11. The Kier molecular flexibility index (Phi) is 3.00. The van der Waals surface area contributed by atoms with Gasteiger partial charge in [0, 0.05) is 5.56 Å². The molecule has 2 N–H and O–H groups in total. The summed E-state index contributed by atoms with van der Waals surface area (Å²) in [6, 6.07) is 7.91. The van der Waals surface area contributed by atoms with Gasteiger partial charge in [0.05, 0.1) is 24.7 Å². The number of ether oxygens (including phenoxy) is 1. The van der Waals surface area contributed by atoms with Gasteiger partial charge >= 0.3 is 0 Å². The van der Waals surface area contributed by atoms with Crippen molar-refractivity contribution in [3.63, 3.8) is 0 Å². The number of hydrogen-bond acceptors (Lipinski definition) is 3. The van der Waals surface area contributed by atoms with E-state index in [-0.39, 0.29) is 0 Å². The third kappa shape index (κ3) is 2.23. The standard InChI is InChI=1S/C14H16N2O/c1-9-7-12(17-3)4-5-13(9)14-10(2)6-11(15)8-16-14/h4-8H,15H2,1-3H3. The van der Waals surface area contributed by atoms with E-state index < -0.39 is 0 Å². The Bertz CT molecular complexity index is 550. The van der Waals surface area contributed by atoms with Crippen LogP contribution in [0.4, 0.5) is 5.69 Å². The molecule has 0 aliphatic heterocycles. The number of nitrogen functional groups attached to an aromatic ring is 1. The van der Waals surface area contributed by atoms with Gasteiger partial charge in [-0.25, -0.2) is 0 Å². The molecule has 1 heterocycles. The lowest BCUT2D eigenvalue weighted by molar-refractivity contribution is 0.414. The van der Waals surface area contributed by atoms with Gasteiger partial charge in [0.15, 0.2) is 0 Å². The molecule has 1 aromatic heterocycles. The van der Waals surface area contributed by atoms with Crippen molar-refractivity contribution in [2.24, 2.45) is 0 Å². The third-order valence-electron chi connectivity index (χ3n) is 2.79. The number of pyridine rings is 1. The van der Waals surface area contributed by atoms with E-state index in [0.29, 0.717) is 5.69 Å². The summed E-state index contributed by atoms with van der Waals surface area (Å²) < 4.78 is 5.19. The number of nitrogens with zero attached hydrogens (tertiary/aromatic N) is 1. The average molecular weight is 228 g/mol. The van der Waals surface area contributed by atoms with Crippen molar-refractivity contribution in [3.8, 4) is 17.0 Å². The molecular weight excluding hydrogens is 212 g/mol. The maximum atomic E-state index is 5.71. The first-order valence-corrected chi connectivity index (χ1v) is 5.49. The SMILES string of the molecule is COc1ccc(-c2ncc(N)cc2C)c(C)c1. The van der Waals surface area contributed by atoms with Crippen LogP contribution in [0.15, 0.2) is 30.5 Å². The number of aromatic nitrogens is 1. The Labute approximate surface area is 101 Å². The van der Waals surface area contributed by atoms with Gasteiger partial charge in [-0.05, 0) is 49.2 Å². The third-order valence-corrected chi connectivity index (χ3v) is 2.79. The maximum Gasteiger partial charge on any atom is 0.119 e. The molecule has 17 heavy (non-hydrogen) atoms. The molecular formula is C14H16N2O. The van der Waals surface area contributed by atoms with Gasteiger partial charge in [0.2, 0.25) is 0 Å². The lowest BCUT2D eigenvalue weighted by atomic mass is 10.0. The van der Waals surface area contributed by atoms with Gasteiger partial charge in [-0.15, -0.1) is 0 Å². The normalized spacial score (nSPS) is 10.3. The number of benzene rings is 1. The summed E-state index contributed by atoms with van der Waals surface area (Å²) in [6.45, 7) is 4.07. The van der Waals surface area contributed by atoms with E-state index in [0.717, 1.165) is 28.1 Å². The lowest BCUT2D eigenvalue weighted by Crippen LogP contribution is -1.94. The van der Waals surface area contributed by atoms with Crippen molar-refractivity contribution >= 4 is 5.69 Å². The Hall–Kier alpha value is -2.03. The summed E-state index contributed by atoms with van der Waals surface area (Å²) in [4.78, 5) is 4.40. The molecule has 0 radical (unpaired) electrons. The van der Waals surface area contributed by atoms with Crippen LogP contribution in [0.3, 0.4) is 0 Å². The van der Waals surface area contributed by atoms with E-state index >= 15 is 0 Å². The summed E-state index contributed by atoms with van der Waals surface area (Å²) in [5.74, 6) is 0.861. The van der Waals surface area contributed by atoms with Gasteiger partial charge in [-0.1, -0.05) is 0 Å². The largest absolute Gasteiger partial charge is 0.497 e. The van der Waals surface area contributed by atoms with E-state index in [9.17, 15) is 0 Å². The van der Waals surface area contributed by atoms with E-state index in [2.05, 4.69) is 11.9 Å². The fourth-order valence-corrected chi connectivity index (χ4v) is 1.91. The second-order valence-corrected chi connectivity index (χ2v) is 4.12. The van der Waals surface area contributed by atoms with Crippen molar-refractivity contribution in [2.45, 2.75) is 13.8 Å². The average Bonchev–Trinajstić information content (AvgIpc) is 2.30. The highest BCUT2D eigenvalue weighted by molar-refractivity contribution is 5.68. The van der Waals surface area contributed by atoms with Crippen LogP contribution in [0.25, 0.3) is 11.3 Å². The van der Waals surface area contributed by atoms with Crippen molar-refractivity contribution in [1.29, 1.82) is 0 Å². The van der Waals surface area contributed by atoms with E-state index in [1.807, 2.05) is 31.2 Å². The quantitative estimate of drug-likeness (QED) is 0.859. The molecule has 0 spiro atoms. The molecule has 0 fully saturated rings. The molecule has 3 heteroatoms. The second kappa shape index (κ2) is 4.45. The smallest absolute Gasteiger partial charge is 0.119 e. The number of hydrogen-bond donors (Lipinski definition) is 1. The highest BCUT2D eigenvalue weighted by atomic mass is 16.5. The van der Waals surface area contributed by atoms with E-state index in [1.54, 1.807) is 13.3 Å². The molecule has 0 aliphatic carbocycles. The minimum Gasteiger partial charge on any atom is -0.497 e. The van der Waals surface area contributed by atoms with Gasteiger partial charge in [-0.2, -0.15) is 0 Å². The fourth-order valence-electron chi connectivity index (χ4n) is 1.91. The van der Waals surface area contributed by atoms with Crippen molar-refractivity contribution in [3.05, 3.63) is 41.6 Å². The molecule has 0 amide bonds. The minimum atomic E-state index is 0.692. The zero-order valence-electron chi connectivity index (χ0n) is 10.3. The first kappa shape index (κ1) is 11.5. The molecule has 1 aromatic carbocycles. The predicted octanol–water partition coefficient (Wildman–Crippen LogP) is 2.96. The molecule has 3 nitrogen and oxygen atoms in total. The molecule has 0 saturated heterocycles. The number of rotatable bonds is 2. The van der Waals surface area contributed by atoms with Gasteiger partial charge in [0.25, 0.3) is 0 Å². The molecule has 0 saturated carbocycles. The Morgan fingerprint density at radius 3 is 2.47 bits per heavy atom. The topological polar surface area (TPSA) is 48.1 Å². The molecule has 0 bridgehead atoms. The number of methoxy groups -OCH3 is 1. The van der Waals surface area contributed by atoms with Crippen LogP contribution in [0, 0.1) is 13.8 Å². The molecule has 0 aliphatic rings. The summed E-state index contributed by atoms with van der Waals surface area (Å²) in [5, 5.41) is 0. The summed E-state index contributed by atoms with van der Waals surface area (Å²) in [7, 11) is 1.67. The van der Waals surface area contributed by atoms with E-state index in [1.165, 1.54) is 0 Å². The van der Waals surface area contributed by atoms with Crippen molar-refractivity contribution in [1.82, 2.24) is 4.98 Å². The monoisotopic (exact) mass is 228 g/mol. The van der Waals surface area contributed by atoms with Gasteiger partial charge < -0.3 is 10.5 Å². The molecule has 88 valence electrons. The van der Waals surface area contributed by atoms with E-state index in [4.69, 9.17) is 10.5 Å². The van der Waals surface area contributed by atoms with Crippen LogP contribution in [-0.4, -0.2) is 12.1 Å². The van der Waals surface area contributed by atoms with Crippen LogP contribution in [0.2, 0.25) is 0 Å². The second-order valence-electron chi connectivity index (χ2n) is 4.12. The van der Waals surface area contributed by atoms with Gasteiger partial charge in [0.1, 0.15) is 5.75 Å². The first-order valence-electron chi connectivity index (χ1n) is 5.49. The highest BCUT2D eigenvalue weighted by Crippen LogP contribution is 2.28.